The van der Waals surface area contributed by atoms with Crippen LogP contribution in [-0.4, -0.2) is 17.8 Å². The Balaban J connectivity index is 2.19. The van der Waals surface area contributed by atoms with E-state index in [1.807, 2.05) is 6.07 Å². The van der Waals surface area contributed by atoms with Gasteiger partial charge in [-0.25, -0.2) is 4.98 Å². The molecule has 0 aliphatic carbocycles. The highest BCUT2D eigenvalue weighted by atomic mass is 35.5. The molecule has 0 aliphatic rings. The lowest BCUT2D eigenvalue weighted by Crippen LogP contribution is -2.07. The van der Waals surface area contributed by atoms with E-state index in [4.69, 9.17) is 16.3 Å². The number of anilines is 1. The molecule has 0 amide bonds. The molecule has 1 aromatic heterocycles. The van der Waals surface area contributed by atoms with E-state index in [0.29, 0.717) is 17.7 Å². The van der Waals surface area contributed by atoms with Crippen molar-refractivity contribution >= 4 is 23.1 Å². The molecule has 0 bridgehead atoms. The predicted molar refractivity (Wildman–Crippen MR) is 83.1 cm³/mol. The first-order chi connectivity index (χ1) is 10.8. The fourth-order valence-electron chi connectivity index (χ4n) is 1.72. The van der Waals surface area contributed by atoms with E-state index in [9.17, 15) is 13.2 Å². The quantitative estimate of drug-likeness (QED) is 0.652. The van der Waals surface area contributed by atoms with Crippen molar-refractivity contribution < 1.29 is 17.9 Å². The molecule has 122 valence electrons. The van der Waals surface area contributed by atoms with Crippen LogP contribution in [0.25, 0.3) is 0 Å². The van der Waals surface area contributed by atoms with Crippen molar-refractivity contribution in [1.82, 2.24) is 4.98 Å². The zero-order valence-corrected chi connectivity index (χ0v) is 13.0. The average molecular weight is 344 g/mol. The van der Waals surface area contributed by atoms with E-state index < -0.39 is 11.7 Å². The van der Waals surface area contributed by atoms with E-state index in [0.717, 1.165) is 11.6 Å². The molecule has 1 N–H and O–H groups in total. The summed E-state index contributed by atoms with van der Waals surface area (Å²) in [4.78, 5) is 3.65. The molecule has 0 saturated heterocycles. The lowest BCUT2D eigenvalue weighted by molar-refractivity contribution is -0.137. The Kier molecular flexibility index (Phi) is 5.10. The molecule has 8 heteroatoms. The van der Waals surface area contributed by atoms with Gasteiger partial charge in [0, 0.05) is 11.8 Å². The van der Waals surface area contributed by atoms with Gasteiger partial charge in [-0.2, -0.15) is 18.3 Å². The number of hydrogen-bond acceptors (Lipinski definition) is 4. The number of rotatable bonds is 4. The molecule has 1 aromatic carbocycles. The molecular formula is C15H13ClF3N3O. The number of hydrogen-bond donors (Lipinski definition) is 1. The van der Waals surface area contributed by atoms with Crippen molar-refractivity contribution in [3.8, 4) is 5.75 Å². The fourth-order valence-corrected chi connectivity index (χ4v) is 1.93. The van der Waals surface area contributed by atoms with Crippen LogP contribution in [0.15, 0.2) is 41.6 Å². The summed E-state index contributed by atoms with van der Waals surface area (Å²) >= 11 is 5.80. The lowest BCUT2D eigenvalue weighted by atomic mass is 10.1. The molecule has 4 nitrogen and oxygen atoms in total. The Morgan fingerprint density at radius 3 is 2.65 bits per heavy atom. The van der Waals surface area contributed by atoms with Gasteiger partial charge >= 0.3 is 6.18 Å². The summed E-state index contributed by atoms with van der Waals surface area (Å²) in [6.45, 7) is 1.74. The number of ether oxygens (including phenoxy) is 1. The first kappa shape index (κ1) is 17.1. The maximum atomic E-state index is 12.5. The Morgan fingerprint density at radius 2 is 2.04 bits per heavy atom. The number of aromatic nitrogens is 1. The second kappa shape index (κ2) is 6.87. The smallest absolute Gasteiger partial charge is 0.417 e. The van der Waals surface area contributed by atoms with Gasteiger partial charge in [-0.05, 0) is 25.1 Å². The number of halogens is 4. The maximum absolute atomic E-state index is 12.5. The van der Waals surface area contributed by atoms with Crippen LogP contribution < -0.4 is 10.2 Å². The Hall–Kier alpha value is -2.28. The SMILES string of the molecule is COc1cccc(/C(C)=N\Nc2ncc(C(F)(F)F)cc2Cl)c1. The lowest BCUT2D eigenvalue weighted by Gasteiger charge is -2.09. The monoisotopic (exact) mass is 343 g/mol. The van der Waals surface area contributed by atoms with Gasteiger partial charge in [0.2, 0.25) is 0 Å². The first-order valence-electron chi connectivity index (χ1n) is 6.48. The Labute approximate surface area is 135 Å². The summed E-state index contributed by atoms with van der Waals surface area (Å²) in [6.07, 6.45) is -3.79. The number of hydrazone groups is 1. The van der Waals surface area contributed by atoms with Gasteiger partial charge < -0.3 is 4.74 Å². The standard InChI is InChI=1S/C15H13ClF3N3O/c1-9(10-4-3-5-12(6-10)23-2)21-22-14-13(16)7-11(8-20-14)15(17,18)19/h3-8H,1-2H3,(H,20,22)/b21-9-. The summed E-state index contributed by atoms with van der Waals surface area (Å²) in [5.41, 5.74) is 3.04. The average Bonchev–Trinajstić information content (AvgIpc) is 2.52. The van der Waals surface area contributed by atoms with Gasteiger partial charge in [0.25, 0.3) is 0 Å². The van der Waals surface area contributed by atoms with Crippen LogP contribution in [0.1, 0.15) is 18.1 Å². The number of nitrogens with zero attached hydrogens (tertiary/aromatic N) is 2. The summed E-state index contributed by atoms with van der Waals surface area (Å²) in [5, 5.41) is 3.91. The number of nitrogens with one attached hydrogen (secondary N) is 1. The van der Waals surface area contributed by atoms with E-state index in [2.05, 4.69) is 15.5 Å². The van der Waals surface area contributed by atoms with Crippen molar-refractivity contribution in [3.05, 3.63) is 52.7 Å². The highest BCUT2D eigenvalue weighted by molar-refractivity contribution is 6.33. The first-order valence-corrected chi connectivity index (χ1v) is 6.86. The maximum Gasteiger partial charge on any atom is 0.417 e. The number of pyridine rings is 1. The van der Waals surface area contributed by atoms with Gasteiger partial charge in [0.05, 0.1) is 23.4 Å². The van der Waals surface area contributed by atoms with Crippen LogP contribution >= 0.6 is 11.6 Å². The topological polar surface area (TPSA) is 46.5 Å². The summed E-state index contributed by atoms with van der Waals surface area (Å²) in [6, 6.07) is 8.00. The molecule has 2 aromatic rings. The van der Waals surface area contributed by atoms with Crippen LogP contribution in [0.5, 0.6) is 5.75 Å². The minimum atomic E-state index is -4.49. The third-order valence-corrected chi connectivity index (χ3v) is 3.27. The molecular weight excluding hydrogens is 331 g/mol. The van der Waals surface area contributed by atoms with Gasteiger partial charge in [-0.3, -0.25) is 5.43 Å². The van der Waals surface area contributed by atoms with E-state index in [1.165, 1.54) is 0 Å². The Bertz CT molecular complexity index is 732. The molecule has 0 saturated carbocycles. The molecule has 2 rings (SSSR count). The summed E-state index contributed by atoms with van der Waals surface area (Å²) < 4.78 is 42.8. The number of benzene rings is 1. The van der Waals surface area contributed by atoms with Crippen molar-refractivity contribution in [2.45, 2.75) is 13.1 Å². The zero-order chi connectivity index (χ0) is 17.0. The Morgan fingerprint density at radius 1 is 1.30 bits per heavy atom. The molecule has 0 spiro atoms. The fraction of sp³-hybridized carbons (Fsp3) is 0.200. The zero-order valence-electron chi connectivity index (χ0n) is 12.3. The molecule has 0 fully saturated rings. The van der Waals surface area contributed by atoms with Crippen molar-refractivity contribution in [3.63, 3.8) is 0 Å². The number of alkyl halides is 3. The third-order valence-electron chi connectivity index (χ3n) is 2.99. The highest BCUT2D eigenvalue weighted by Crippen LogP contribution is 2.32. The summed E-state index contributed by atoms with van der Waals surface area (Å²) in [5.74, 6) is 0.713. The van der Waals surface area contributed by atoms with Crippen molar-refractivity contribution in [2.24, 2.45) is 5.10 Å². The van der Waals surface area contributed by atoms with Gasteiger partial charge in [-0.15, -0.1) is 0 Å². The third kappa shape index (κ3) is 4.35. The van der Waals surface area contributed by atoms with E-state index in [-0.39, 0.29) is 10.8 Å². The van der Waals surface area contributed by atoms with Gasteiger partial charge in [0.1, 0.15) is 5.75 Å². The normalized spacial score (nSPS) is 12.2. The van der Waals surface area contributed by atoms with Crippen LogP contribution in [0, 0.1) is 0 Å². The van der Waals surface area contributed by atoms with Crippen molar-refractivity contribution in [2.75, 3.05) is 12.5 Å². The van der Waals surface area contributed by atoms with Gasteiger partial charge in [-0.1, -0.05) is 23.7 Å². The van der Waals surface area contributed by atoms with Crippen molar-refractivity contribution in [1.29, 1.82) is 0 Å². The second-order valence-corrected chi connectivity index (χ2v) is 5.00. The van der Waals surface area contributed by atoms with E-state index in [1.54, 1.807) is 32.2 Å². The molecule has 0 aliphatic heterocycles. The number of methoxy groups -OCH3 is 1. The summed E-state index contributed by atoms with van der Waals surface area (Å²) in [7, 11) is 1.55. The van der Waals surface area contributed by atoms with Crippen LogP contribution in [0.3, 0.4) is 0 Å². The molecule has 0 atom stereocenters. The molecule has 1 heterocycles. The van der Waals surface area contributed by atoms with Crippen LogP contribution in [-0.2, 0) is 6.18 Å². The molecule has 0 radical (unpaired) electrons. The van der Waals surface area contributed by atoms with E-state index >= 15 is 0 Å². The largest absolute Gasteiger partial charge is 0.497 e. The highest BCUT2D eigenvalue weighted by Gasteiger charge is 2.31. The van der Waals surface area contributed by atoms with Crippen LogP contribution in [0.2, 0.25) is 5.02 Å². The van der Waals surface area contributed by atoms with Gasteiger partial charge in [0.15, 0.2) is 5.82 Å². The van der Waals surface area contributed by atoms with Crippen LogP contribution in [0.4, 0.5) is 19.0 Å². The molecule has 23 heavy (non-hydrogen) atoms. The second-order valence-electron chi connectivity index (χ2n) is 4.59. The molecule has 0 unspecified atom stereocenters. The predicted octanol–water partition coefficient (Wildman–Crippen LogP) is 4.60. The minimum absolute atomic E-state index is 0.0434. The minimum Gasteiger partial charge on any atom is -0.497 e.